The summed E-state index contributed by atoms with van der Waals surface area (Å²) in [5.74, 6) is 0.413. The summed E-state index contributed by atoms with van der Waals surface area (Å²) in [7, 11) is 0. The fraction of sp³-hybridized carbons (Fsp3) is 0.350. The van der Waals surface area contributed by atoms with Gasteiger partial charge >= 0.3 is 5.97 Å². The number of aromatic nitrogens is 1. The van der Waals surface area contributed by atoms with E-state index in [1.807, 2.05) is 11.0 Å². The maximum atomic E-state index is 12.7. The molecule has 0 saturated carbocycles. The topological polar surface area (TPSA) is 62.7 Å². The minimum atomic E-state index is -0.370. The van der Waals surface area contributed by atoms with Crippen molar-refractivity contribution < 1.29 is 14.3 Å². The first-order valence-electron chi connectivity index (χ1n) is 9.01. The number of carbonyl (C=O) groups is 2. The number of halogens is 1. The second-order valence-electron chi connectivity index (χ2n) is 6.27. The number of amides is 1. The maximum Gasteiger partial charge on any atom is 0.339 e. The van der Waals surface area contributed by atoms with Gasteiger partial charge in [-0.3, -0.25) is 4.79 Å². The average Bonchev–Trinajstić information content (AvgIpc) is 2.94. The minimum absolute atomic E-state index is 0.00929. The van der Waals surface area contributed by atoms with Gasteiger partial charge in [0, 0.05) is 43.0 Å². The van der Waals surface area contributed by atoms with E-state index in [4.69, 9.17) is 16.3 Å². The first-order chi connectivity index (χ1) is 13.1. The first kappa shape index (κ1) is 19.2. The number of pyridine rings is 1. The molecule has 0 atom stereocenters. The van der Waals surface area contributed by atoms with Gasteiger partial charge in [-0.25, -0.2) is 9.78 Å². The standard InChI is InChI=1S/C20H22ClN3O3/c1-2-27-20(26)16-7-8-18(22-14-16)23-9-4-10-24(12-11-23)19(25)15-5-3-6-17(21)13-15/h3,5-8,13-14H,2,4,9-12H2,1H3. The zero-order valence-corrected chi connectivity index (χ0v) is 16.0. The van der Waals surface area contributed by atoms with Gasteiger partial charge in [-0.2, -0.15) is 0 Å². The highest BCUT2D eigenvalue weighted by molar-refractivity contribution is 6.30. The van der Waals surface area contributed by atoms with Crippen LogP contribution in [0, 0.1) is 0 Å². The highest BCUT2D eigenvalue weighted by Crippen LogP contribution is 2.17. The molecule has 0 N–H and O–H groups in total. The molecule has 1 fully saturated rings. The van der Waals surface area contributed by atoms with E-state index in [0.29, 0.717) is 42.4 Å². The molecule has 1 saturated heterocycles. The summed E-state index contributed by atoms with van der Waals surface area (Å²) in [5, 5.41) is 0.559. The average molecular weight is 388 g/mol. The summed E-state index contributed by atoms with van der Waals surface area (Å²) < 4.78 is 4.98. The van der Waals surface area contributed by atoms with Crippen LogP contribution in [-0.2, 0) is 4.74 Å². The van der Waals surface area contributed by atoms with Crippen LogP contribution in [0.2, 0.25) is 5.02 Å². The maximum absolute atomic E-state index is 12.7. The number of hydrogen-bond donors (Lipinski definition) is 0. The Balaban J connectivity index is 1.64. The molecule has 1 aromatic heterocycles. The third kappa shape index (κ3) is 4.77. The molecule has 1 aliphatic rings. The van der Waals surface area contributed by atoms with E-state index in [-0.39, 0.29) is 11.9 Å². The van der Waals surface area contributed by atoms with Gasteiger partial charge in [0.2, 0.25) is 0 Å². The summed E-state index contributed by atoms with van der Waals surface area (Å²) in [6, 6.07) is 10.6. The molecule has 2 aromatic rings. The van der Waals surface area contributed by atoms with Crippen LogP contribution in [0.1, 0.15) is 34.1 Å². The highest BCUT2D eigenvalue weighted by atomic mass is 35.5. The molecule has 0 aliphatic carbocycles. The molecule has 1 aromatic carbocycles. The lowest BCUT2D eigenvalue weighted by Crippen LogP contribution is -2.35. The largest absolute Gasteiger partial charge is 0.462 e. The van der Waals surface area contributed by atoms with Crippen molar-refractivity contribution in [1.82, 2.24) is 9.88 Å². The Labute approximate surface area is 163 Å². The van der Waals surface area contributed by atoms with Gasteiger partial charge in [0.05, 0.1) is 12.2 Å². The Morgan fingerprint density at radius 2 is 1.96 bits per heavy atom. The molecular weight excluding hydrogens is 366 g/mol. The second kappa shape index (κ2) is 8.86. The molecular formula is C20H22ClN3O3. The smallest absolute Gasteiger partial charge is 0.339 e. The lowest BCUT2D eigenvalue weighted by atomic mass is 10.2. The summed E-state index contributed by atoms with van der Waals surface area (Å²) in [6.45, 7) is 4.87. The second-order valence-corrected chi connectivity index (χ2v) is 6.71. The predicted octanol–water partition coefficient (Wildman–Crippen LogP) is 3.26. The van der Waals surface area contributed by atoms with Crippen LogP contribution in [0.3, 0.4) is 0 Å². The Hall–Kier alpha value is -2.60. The van der Waals surface area contributed by atoms with Gasteiger partial charge in [-0.1, -0.05) is 17.7 Å². The first-order valence-corrected chi connectivity index (χ1v) is 9.39. The number of esters is 1. The van der Waals surface area contributed by atoms with Gasteiger partial charge in [-0.05, 0) is 43.7 Å². The molecule has 142 valence electrons. The molecule has 0 radical (unpaired) electrons. The Kier molecular flexibility index (Phi) is 6.29. The van der Waals surface area contributed by atoms with Crippen LogP contribution >= 0.6 is 11.6 Å². The van der Waals surface area contributed by atoms with Crippen molar-refractivity contribution in [2.45, 2.75) is 13.3 Å². The van der Waals surface area contributed by atoms with E-state index in [0.717, 1.165) is 18.8 Å². The van der Waals surface area contributed by atoms with E-state index in [1.165, 1.54) is 6.20 Å². The summed E-state index contributed by atoms with van der Waals surface area (Å²) in [6.07, 6.45) is 2.38. The lowest BCUT2D eigenvalue weighted by molar-refractivity contribution is 0.0525. The Morgan fingerprint density at radius 1 is 1.11 bits per heavy atom. The zero-order valence-electron chi connectivity index (χ0n) is 15.2. The molecule has 2 heterocycles. The van der Waals surface area contributed by atoms with Crippen molar-refractivity contribution in [1.29, 1.82) is 0 Å². The van der Waals surface area contributed by atoms with Crippen LogP contribution in [0.4, 0.5) is 5.82 Å². The Bertz CT molecular complexity index is 810. The summed E-state index contributed by atoms with van der Waals surface area (Å²) in [5.41, 5.74) is 1.04. The van der Waals surface area contributed by atoms with E-state index in [1.54, 1.807) is 37.3 Å². The van der Waals surface area contributed by atoms with Crippen LogP contribution in [-0.4, -0.2) is 54.5 Å². The Morgan fingerprint density at radius 3 is 2.67 bits per heavy atom. The number of hydrogen-bond acceptors (Lipinski definition) is 5. The SMILES string of the molecule is CCOC(=O)c1ccc(N2CCCN(C(=O)c3cccc(Cl)c3)CC2)nc1. The number of benzene rings is 1. The van der Waals surface area contributed by atoms with Gasteiger partial charge in [0.25, 0.3) is 5.91 Å². The van der Waals surface area contributed by atoms with Gasteiger partial charge in [0.15, 0.2) is 0 Å². The fourth-order valence-electron chi connectivity index (χ4n) is 3.06. The van der Waals surface area contributed by atoms with E-state index >= 15 is 0 Å². The molecule has 1 amide bonds. The molecule has 27 heavy (non-hydrogen) atoms. The van der Waals surface area contributed by atoms with E-state index in [9.17, 15) is 9.59 Å². The number of carbonyl (C=O) groups excluding carboxylic acids is 2. The number of nitrogens with zero attached hydrogens (tertiary/aromatic N) is 3. The summed E-state index contributed by atoms with van der Waals surface area (Å²) >= 11 is 6.00. The van der Waals surface area contributed by atoms with Crippen molar-refractivity contribution in [3.63, 3.8) is 0 Å². The monoisotopic (exact) mass is 387 g/mol. The van der Waals surface area contributed by atoms with Crippen molar-refractivity contribution in [2.24, 2.45) is 0 Å². The molecule has 7 heteroatoms. The van der Waals surface area contributed by atoms with E-state index < -0.39 is 0 Å². The van der Waals surface area contributed by atoms with E-state index in [2.05, 4.69) is 9.88 Å². The fourth-order valence-corrected chi connectivity index (χ4v) is 3.25. The quantitative estimate of drug-likeness (QED) is 0.753. The van der Waals surface area contributed by atoms with Crippen LogP contribution in [0.5, 0.6) is 0 Å². The zero-order chi connectivity index (χ0) is 19.2. The van der Waals surface area contributed by atoms with Crippen molar-refractivity contribution in [3.05, 3.63) is 58.7 Å². The van der Waals surface area contributed by atoms with Gasteiger partial charge in [0.1, 0.15) is 5.82 Å². The molecule has 3 rings (SSSR count). The van der Waals surface area contributed by atoms with Crippen LogP contribution in [0.15, 0.2) is 42.6 Å². The number of ether oxygens (including phenoxy) is 1. The van der Waals surface area contributed by atoms with Crippen molar-refractivity contribution >= 4 is 29.3 Å². The molecule has 0 unspecified atom stereocenters. The van der Waals surface area contributed by atoms with Crippen molar-refractivity contribution in [3.8, 4) is 0 Å². The molecule has 1 aliphatic heterocycles. The highest BCUT2D eigenvalue weighted by Gasteiger charge is 2.21. The van der Waals surface area contributed by atoms with Crippen molar-refractivity contribution in [2.75, 3.05) is 37.7 Å². The molecule has 0 spiro atoms. The van der Waals surface area contributed by atoms with Gasteiger partial charge < -0.3 is 14.5 Å². The summed E-state index contributed by atoms with van der Waals surface area (Å²) in [4.78, 5) is 32.8. The third-order valence-electron chi connectivity index (χ3n) is 4.44. The van der Waals surface area contributed by atoms with Crippen LogP contribution in [0.25, 0.3) is 0 Å². The lowest BCUT2D eigenvalue weighted by Gasteiger charge is -2.23. The van der Waals surface area contributed by atoms with Crippen LogP contribution < -0.4 is 4.90 Å². The normalized spacial score (nSPS) is 14.6. The molecule has 6 nitrogen and oxygen atoms in total. The third-order valence-corrected chi connectivity index (χ3v) is 4.67. The predicted molar refractivity (Wildman–Crippen MR) is 104 cm³/mol. The molecule has 0 bridgehead atoms. The minimum Gasteiger partial charge on any atom is -0.462 e. The number of rotatable bonds is 4. The van der Waals surface area contributed by atoms with Gasteiger partial charge in [-0.15, -0.1) is 0 Å². The number of anilines is 1.